The Kier molecular flexibility index (Phi) is 5.31. The van der Waals surface area contributed by atoms with E-state index in [0.29, 0.717) is 37.6 Å². The Morgan fingerprint density at radius 2 is 2.12 bits per heavy atom. The molecule has 0 radical (unpaired) electrons. The first-order valence-corrected chi connectivity index (χ1v) is 8.50. The molecule has 0 unspecified atom stereocenters. The number of amides is 1. The van der Waals surface area contributed by atoms with Crippen molar-refractivity contribution in [3.05, 3.63) is 48.2 Å². The first-order valence-electron chi connectivity index (χ1n) is 8.50. The van der Waals surface area contributed by atoms with Crippen LogP contribution in [0.4, 0.5) is 5.69 Å². The fourth-order valence-corrected chi connectivity index (χ4v) is 2.68. The molecule has 132 valence electrons. The summed E-state index contributed by atoms with van der Waals surface area (Å²) in [4.78, 5) is 16.6. The SMILES string of the molecule is CCc1cccc(Oc2ccc(NC(=O)C3(N)CCOCC3)cn2)c1. The van der Waals surface area contributed by atoms with Crippen molar-refractivity contribution in [2.45, 2.75) is 31.7 Å². The standard InChI is InChI=1S/C19H23N3O3/c1-2-14-4-3-5-16(12-14)25-17-7-6-15(13-21-17)22-18(23)19(20)8-10-24-11-9-19/h3-7,12-13H,2,8-11,20H2,1H3,(H,22,23). The summed E-state index contributed by atoms with van der Waals surface area (Å²) in [6, 6.07) is 11.4. The highest BCUT2D eigenvalue weighted by atomic mass is 16.5. The topological polar surface area (TPSA) is 86.5 Å². The maximum absolute atomic E-state index is 12.4. The van der Waals surface area contributed by atoms with Crippen LogP contribution in [0.3, 0.4) is 0 Å². The number of aryl methyl sites for hydroxylation is 1. The summed E-state index contributed by atoms with van der Waals surface area (Å²) in [6.45, 7) is 3.11. The predicted octanol–water partition coefficient (Wildman–Crippen LogP) is 2.88. The highest BCUT2D eigenvalue weighted by Crippen LogP contribution is 2.23. The Morgan fingerprint density at radius 3 is 2.80 bits per heavy atom. The molecule has 0 atom stereocenters. The molecule has 1 aliphatic rings. The minimum Gasteiger partial charge on any atom is -0.439 e. The number of benzene rings is 1. The fourth-order valence-electron chi connectivity index (χ4n) is 2.68. The number of carbonyl (C=O) groups excluding carboxylic acids is 1. The Labute approximate surface area is 147 Å². The molecule has 0 saturated carbocycles. The van der Waals surface area contributed by atoms with Gasteiger partial charge in [0.1, 0.15) is 11.3 Å². The molecule has 0 spiro atoms. The van der Waals surface area contributed by atoms with Gasteiger partial charge in [0.15, 0.2) is 0 Å². The third-order valence-electron chi connectivity index (χ3n) is 4.36. The van der Waals surface area contributed by atoms with E-state index in [1.165, 1.54) is 5.56 Å². The molecular formula is C19H23N3O3. The lowest BCUT2D eigenvalue weighted by Gasteiger charge is -2.31. The molecule has 1 saturated heterocycles. The number of hydrogen-bond acceptors (Lipinski definition) is 5. The van der Waals surface area contributed by atoms with Crippen molar-refractivity contribution in [3.8, 4) is 11.6 Å². The molecule has 3 N–H and O–H groups in total. The van der Waals surface area contributed by atoms with E-state index in [1.54, 1.807) is 18.3 Å². The summed E-state index contributed by atoms with van der Waals surface area (Å²) in [5, 5.41) is 2.82. The van der Waals surface area contributed by atoms with Gasteiger partial charge in [0, 0.05) is 19.3 Å². The number of carbonyl (C=O) groups is 1. The Balaban J connectivity index is 1.62. The third kappa shape index (κ3) is 4.35. The number of ether oxygens (including phenoxy) is 2. The van der Waals surface area contributed by atoms with Gasteiger partial charge in [-0.1, -0.05) is 19.1 Å². The van der Waals surface area contributed by atoms with Crippen LogP contribution in [0.5, 0.6) is 11.6 Å². The lowest BCUT2D eigenvalue weighted by molar-refractivity contribution is -0.124. The van der Waals surface area contributed by atoms with E-state index in [9.17, 15) is 4.79 Å². The lowest BCUT2D eigenvalue weighted by Crippen LogP contribution is -2.54. The van der Waals surface area contributed by atoms with Gasteiger partial charge < -0.3 is 20.5 Å². The zero-order valence-corrected chi connectivity index (χ0v) is 14.3. The molecule has 1 fully saturated rings. The van der Waals surface area contributed by atoms with Gasteiger partial charge in [-0.15, -0.1) is 0 Å². The van der Waals surface area contributed by atoms with Gasteiger partial charge in [-0.05, 0) is 43.0 Å². The summed E-state index contributed by atoms with van der Waals surface area (Å²) in [5.41, 5.74) is 7.09. The molecule has 25 heavy (non-hydrogen) atoms. The molecule has 3 rings (SSSR count). The first kappa shape index (κ1) is 17.4. The number of hydrogen-bond donors (Lipinski definition) is 2. The van der Waals surface area contributed by atoms with Gasteiger partial charge in [0.25, 0.3) is 0 Å². The van der Waals surface area contributed by atoms with E-state index < -0.39 is 5.54 Å². The second-order valence-corrected chi connectivity index (χ2v) is 6.21. The molecule has 6 heteroatoms. The van der Waals surface area contributed by atoms with Crippen molar-refractivity contribution in [2.24, 2.45) is 5.73 Å². The van der Waals surface area contributed by atoms with Gasteiger partial charge in [0.2, 0.25) is 11.8 Å². The van der Waals surface area contributed by atoms with Gasteiger partial charge >= 0.3 is 0 Å². The second-order valence-electron chi connectivity index (χ2n) is 6.21. The lowest BCUT2D eigenvalue weighted by atomic mass is 9.90. The van der Waals surface area contributed by atoms with E-state index in [1.807, 2.05) is 18.2 Å². The van der Waals surface area contributed by atoms with Crippen LogP contribution in [0.15, 0.2) is 42.6 Å². The molecule has 1 aliphatic heterocycles. The summed E-state index contributed by atoms with van der Waals surface area (Å²) < 4.78 is 11.0. The smallest absolute Gasteiger partial charge is 0.244 e. The number of anilines is 1. The summed E-state index contributed by atoms with van der Waals surface area (Å²) in [6.07, 6.45) is 3.55. The number of rotatable bonds is 5. The van der Waals surface area contributed by atoms with Crippen LogP contribution in [0, 0.1) is 0 Å². The zero-order valence-electron chi connectivity index (χ0n) is 14.3. The molecule has 2 aromatic rings. The number of aromatic nitrogens is 1. The Bertz CT molecular complexity index is 725. The molecule has 2 heterocycles. The van der Waals surface area contributed by atoms with Crippen LogP contribution in [0.25, 0.3) is 0 Å². The van der Waals surface area contributed by atoms with Crippen molar-refractivity contribution in [3.63, 3.8) is 0 Å². The minimum absolute atomic E-state index is 0.207. The van der Waals surface area contributed by atoms with Gasteiger partial charge in [-0.2, -0.15) is 0 Å². The largest absolute Gasteiger partial charge is 0.439 e. The maximum atomic E-state index is 12.4. The summed E-state index contributed by atoms with van der Waals surface area (Å²) >= 11 is 0. The maximum Gasteiger partial charge on any atom is 0.244 e. The highest BCUT2D eigenvalue weighted by Gasteiger charge is 2.35. The van der Waals surface area contributed by atoms with Gasteiger partial charge in [-0.3, -0.25) is 4.79 Å². The molecule has 1 aromatic carbocycles. The molecule has 1 amide bonds. The average Bonchev–Trinajstić information content (AvgIpc) is 2.64. The minimum atomic E-state index is -0.881. The normalized spacial score (nSPS) is 16.2. The van der Waals surface area contributed by atoms with Crippen molar-refractivity contribution in [2.75, 3.05) is 18.5 Å². The molecule has 1 aromatic heterocycles. The quantitative estimate of drug-likeness (QED) is 0.873. The Hall–Kier alpha value is -2.44. The van der Waals surface area contributed by atoms with E-state index in [-0.39, 0.29) is 5.91 Å². The van der Waals surface area contributed by atoms with Gasteiger partial charge in [0.05, 0.1) is 11.9 Å². The van der Waals surface area contributed by atoms with E-state index in [0.717, 1.165) is 12.2 Å². The summed E-state index contributed by atoms with van der Waals surface area (Å²) in [7, 11) is 0. The second kappa shape index (κ2) is 7.63. The van der Waals surface area contributed by atoms with Crippen LogP contribution in [0.2, 0.25) is 0 Å². The number of nitrogens with zero attached hydrogens (tertiary/aromatic N) is 1. The van der Waals surface area contributed by atoms with E-state index in [2.05, 4.69) is 23.3 Å². The van der Waals surface area contributed by atoms with E-state index >= 15 is 0 Å². The first-order chi connectivity index (χ1) is 12.1. The zero-order chi connectivity index (χ0) is 17.7. The van der Waals surface area contributed by atoms with Crippen LogP contribution in [-0.2, 0) is 16.0 Å². The van der Waals surface area contributed by atoms with E-state index in [4.69, 9.17) is 15.2 Å². The van der Waals surface area contributed by atoms with Crippen LogP contribution in [0.1, 0.15) is 25.3 Å². The van der Waals surface area contributed by atoms with Crippen LogP contribution < -0.4 is 15.8 Å². The monoisotopic (exact) mass is 341 g/mol. The van der Waals surface area contributed by atoms with Crippen LogP contribution >= 0.6 is 0 Å². The molecule has 0 bridgehead atoms. The summed E-state index contributed by atoms with van der Waals surface area (Å²) in [5.74, 6) is 1.01. The Morgan fingerprint density at radius 1 is 1.32 bits per heavy atom. The van der Waals surface area contributed by atoms with Crippen molar-refractivity contribution >= 4 is 11.6 Å². The third-order valence-corrected chi connectivity index (χ3v) is 4.36. The highest BCUT2D eigenvalue weighted by molar-refractivity contribution is 5.97. The van der Waals surface area contributed by atoms with Crippen molar-refractivity contribution in [1.82, 2.24) is 4.98 Å². The number of nitrogens with two attached hydrogens (primary N) is 1. The predicted molar refractivity (Wildman–Crippen MR) is 95.7 cm³/mol. The average molecular weight is 341 g/mol. The molecule has 0 aliphatic carbocycles. The van der Waals surface area contributed by atoms with Gasteiger partial charge in [-0.25, -0.2) is 4.98 Å². The number of nitrogens with one attached hydrogen (secondary N) is 1. The molecule has 6 nitrogen and oxygen atoms in total. The number of pyridine rings is 1. The molecular weight excluding hydrogens is 318 g/mol. The fraction of sp³-hybridized carbons (Fsp3) is 0.368. The van der Waals surface area contributed by atoms with Crippen LogP contribution in [-0.4, -0.2) is 29.6 Å². The van der Waals surface area contributed by atoms with Crippen molar-refractivity contribution in [1.29, 1.82) is 0 Å². The van der Waals surface area contributed by atoms with Crippen molar-refractivity contribution < 1.29 is 14.3 Å².